The van der Waals surface area contributed by atoms with Crippen LogP contribution in [-0.2, 0) is 9.53 Å². The molecular weight excluding hydrogens is 460 g/mol. The largest absolute Gasteiger partial charge is 0.493 e. The summed E-state index contributed by atoms with van der Waals surface area (Å²) in [6.07, 6.45) is 0. The van der Waals surface area contributed by atoms with Crippen molar-refractivity contribution in [2.75, 3.05) is 63.8 Å². The molecule has 192 valence electrons. The van der Waals surface area contributed by atoms with Gasteiger partial charge in [0, 0.05) is 43.3 Å². The molecule has 2 heterocycles. The van der Waals surface area contributed by atoms with E-state index in [2.05, 4.69) is 52.1 Å². The highest BCUT2D eigenvalue weighted by molar-refractivity contribution is 6.11. The Balaban J connectivity index is 1.49. The highest BCUT2D eigenvalue weighted by atomic mass is 16.5. The number of carbonyl (C=O) groups is 2. The number of H-pyrrole nitrogens is 1. The molecule has 1 saturated heterocycles. The number of fused-ring (bicyclic) bond motifs is 1. The van der Waals surface area contributed by atoms with Crippen molar-refractivity contribution < 1.29 is 23.8 Å². The average Bonchev–Trinajstić information content (AvgIpc) is 3.21. The summed E-state index contributed by atoms with van der Waals surface area (Å²) in [4.78, 5) is 33.3. The topological polar surface area (TPSA) is 96.1 Å². The number of nitrogens with zero attached hydrogens (tertiary/aromatic N) is 2. The molecule has 2 N–H and O–H groups in total. The van der Waals surface area contributed by atoms with Gasteiger partial charge in [0.1, 0.15) is 5.69 Å². The second kappa shape index (κ2) is 10.9. The van der Waals surface area contributed by atoms with Gasteiger partial charge < -0.3 is 29.4 Å². The van der Waals surface area contributed by atoms with Gasteiger partial charge in [-0.15, -0.1) is 0 Å². The number of aryl methyl sites for hydroxylation is 2. The number of hydrogen-bond acceptors (Lipinski definition) is 7. The minimum atomic E-state index is -0.538. The number of amides is 1. The summed E-state index contributed by atoms with van der Waals surface area (Å²) in [7, 11) is 3.08. The van der Waals surface area contributed by atoms with Crippen molar-refractivity contribution in [3.05, 3.63) is 47.2 Å². The second-order valence-corrected chi connectivity index (χ2v) is 8.95. The van der Waals surface area contributed by atoms with Gasteiger partial charge in [0.05, 0.1) is 38.6 Å². The minimum absolute atomic E-state index is 0.190. The standard InChI is InChI=1S/C27H34N4O5/c1-6-36-27(33)26-25(19-14-22(34-4)23(35-5)15-20(19)28-26)29-24(32)16-30-9-11-31(12-10-30)21-8-7-17(2)13-18(21)3/h7-8,13-15,28H,6,9-12,16H2,1-5H3,(H,29,32). The lowest BCUT2D eigenvalue weighted by molar-refractivity contribution is -0.117. The SMILES string of the molecule is CCOC(=O)c1[nH]c2cc(OC)c(OC)cc2c1NC(=O)CN1CCN(c2ccc(C)cc2C)CC1. The first-order chi connectivity index (χ1) is 17.3. The van der Waals surface area contributed by atoms with Gasteiger partial charge in [0.2, 0.25) is 5.91 Å². The van der Waals surface area contributed by atoms with Crippen LogP contribution >= 0.6 is 0 Å². The Kier molecular flexibility index (Phi) is 7.69. The predicted octanol–water partition coefficient (Wildman–Crippen LogP) is 3.74. The number of aromatic amines is 1. The van der Waals surface area contributed by atoms with Crippen molar-refractivity contribution in [3.8, 4) is 11.5 Å². The van der Waals surface area contributed by atoms with Gasteiger partial charge in [-0.1, -0.05) is 17.7 Å². The zero-order valence-corrected chi connectivity index (χ0v) is 21.6. The summed E-state index contributed by atoms with van der Waals surface area (Å²) in [5, 5.41) is 3.59. The van der Waals surface area contributed by atoms with E-state index < -0.39 is 5.97 Å². The van der Waals surface area contributed by atoms with Crippen LogP contribution < -0.4 is 19.7 Å². The van der Waals surface area contributed by atoms with Gasteiger partial charge in [0.25, 0.3) is 0 Å². The molecule has 1 aliphatic rings. The van der Waals surface area contributed by atoms with Crippen LogP contribution in [0.25, 0.3) is 10.9 Å². The van der Waals surface area contributed by atoms with Crippen LogP contribution in [0.3, 0.4) is 0 Å². The second-order valence-electron chi connectivity index (χ2n) is 8.95. The first kappa shape index (κ1) is 25.4. The summed E-state index contributed by atoms with van der Waals surface area (Å²) in [5.74, 6) is 0.277. The van der Waals surface area contributed by atoms with E-state index in [0.29, 0.717) is 28.1 Å². The van der Waals surface area contributed by atoms with Crippen LogP contribution in [0.1, 0.15) is 28.5 Å². The summed E-state index contributed by atoms with van der Waals surface area (Å²) in [6.45, 7) is 9.64. The lowest BCUT2D eigenvalue weighted by atomic mass is 10.1. The number of hydrogen-bond donors (Lipinski definition) is 2. The molecule has 0 spiro atoms. The molecule has 9 heteroatoms. The number of carbonyl (C=O) groups excluding carboxylic acids is 2. The van der Waals surface area contributed by atoms with E-state index >= 15 is 0 Å². The van der Waals surface area contributed by atoms with Crippen LogP contribution in [-0.4, -0.2) is 75.3 Å². The number of methoxy groups -OCH3 is 2. The summed E-state index contributed by atoms with van der Waals surface area (Å²) >= 11 is 0. The molecule has 9 nitrogen and oxygen atoms in total. The number of esters is 1. The van der Waals surface area contributed by atoms with Crippen molar-refractivity contribution in [1.82, 2.24) is 9.88 Å². The normalized spacial score (nSPS) is 14.1. The van der Waals surface area contributed by atoms with Gasteiger partial charge in [-0.2, -0.15) is 0 Å². The van der Waals surface area contributed by atoms with Gasteiger partial charge in [-0.3, -0.25) is 9.69 Å². The van der Waals surface area contributed by atoms with Gasteiger partial charge in [0.15, 0.2) is 11.5 Å². The minimum Gasteiger partial charge on any atom is -0.493 e. The van der Waals surface area contributed by atoms with Gasteiger partial charge in [-0.25, -0.2) is 4.79 Å². The Morgan fingerprint density at radius 2 is 1.69 bits per heavy atom. The van der Waals surface area contributed by atoms with Crippen molar-refractivity contribution in [2.24, 2.45) is 0 Å². The first-order valence-electron chi connectivity index (χ1n) is 12.1. The maximum atomic E-state index is 13.1. The fraction of sp³-hybridized carbons (Fsp3) is 0.407. The monoisotopic (exact) mass is 494 g/mol. The molecule has 0 atom stereocenters. The van der Waals surface area contributed by atoms with E-state index in [4.69, 9.17) is 14.2 Å². The first-order valence-corrected chi connectivity index (χ1v) is 12.1. The fourth-order valence-electron chi connectivity index (χ4n) is 4.70. The third-order valence-electron chi connectivity index (χ3n) is 6.48. The van der Waals surface area contributed by atoms with Crippen molar-refractivity contribution >= 4 is 34.2 Å². The number of nitrogens with one attached hydrogen (secondary N) is 2. The van der Waals surface area contributed by atoms with E-state index in [9.17, 15) is 9.59 Å². The van der Waals surface area contributed by atoms with Gasteiger partial charge >= 0.3 is 5.97 Å². The lowest BCUT2D eigenvalue weighted by Gasteiger charge is -2.36. The summed E-state index contributed by atoms with van der Waals surface area (Å²) < 4.78 is 16.0. The number of piperazine rings is 1. The number of rotatable bonds is 8. The fourth-order valence-corrected chi connectivity index (χ4v) is 4.70. The number of anilines is 2. The lowest BCUT2D eigenvalue weighted by Crippen LogP contribution is -2.48. The Morgan fingerprint density at radius 3 is 2.33 bits per heavy atom. The van der Waals surface area contributed by atoms with E-state index in [1.165, 1.54) is 16.8 Å². The maximum absolute atomic E-state index is 13.1. The zero-order chi connectivity index (χ0) is 25.8. The molecule has 0 unspecified atom stereocenters. The van der Waals surface area contributed by atoms with Crippen molar-refractivity contribution in [3.63, 3.8) is 0 Å². The van der Waals surface area contributed by atoms with Gasteiger partial charge in [-0.05, 0) is 38.5 Å². The highest BCUT2D eigenvalue weighted by Gasteiger charge is 2.25. The van der Waals surface area contributed by atoms with E-state index in [1.54, 1.807) is 33.3 Å². The Labute approximate surface area is 211 Å². The smallest absolute Gasteiger partial charge is 0.356 e. The molecule has 1 amide bonds. The average molecular weight is 495 g/mol. The van der Waals surface area contributed by atoms with Crippen molar-refractivity contribution in [1.29, 1.82) is 0 Å². The third-order valence-corrected chi connectivity index (χ3v) is 6.48. The van der Waals surface area contributed by atoms with E-state index in [-0.39, 0.29) is 24.8 Å². The number of aromatic nitrogens is 1. The third kappa shape index (κ3) is 5.26. The van der Waals surface area contributed by atoms with Crippen molar-refractivity contribution in [2.45, 2.75) is 20.8 Å². The quantitative estimate of drug-likeness (QED) is 0.461. The molecule has 0 saturated carbocycles. The maximum Gasteiger partial charge on any atom is 0.356 e. The number of ether oxygens (including phenoxy) is 3. The summed E-state index contributed by atoms with van der Waals surface area (Å²) in [6, 6.07) is 9.98. The predicted molar refractivity (Wildman–Crippen MR) is 141 cm³/mol. The number of benzene rings is 2. The summed E-state index contributed by atoms with van der Waals surface area (Å²) in [5.41, 5.74) is 4.96. The Bertz CT molecular complexity index is 1260. The molecule has 4 rings (SSSR count). The molecule has 3 aromatic rings. The molecular formula is C27H34N4O5. The van der Waals surface area contributed by atoms with Crippen LogP contribution in [0.4, 0.5) is 11.4 Å². The molecule has 0 aliphatic carbocycles. The van der Waals surface area contributed by atoms with Crippen LogP contribution in [0, 0.1) is 13.8 Å². The molecule has 0 bridgehead atoms. The van der Waals surface area contributed by atoms with E-state index in [0.717, 1.165) is 26.2 Å². The molecule has 2 aromatic carbocycles. The van der Waals surface area contributed by atoms with Crippen LogP contribution in [0.5, 0.6) is 11.5 Å². The zero-order valence-electron chi connectivity index (χ0n) is 21.6. The van der Waals surface area contributed by atoms with Crippen LogP contribution in [0.2, 0.25) is 0 Å². The molecule has 0 radical (unpaired) electrons. The Hall–Kier alpha value is -3.72. The Morgan fingerprint density at radius 1 is 1.00 bits per heavy atom. The van der Waals surface area contributed by atoms with E-state index in [1.807, 2.05) is 0 Å². The van der Waals surface area contributed by atoms with Crippen LogP contribution in [0.15, 0.2) is 30.3 Å². The molecule has 1 fully saturated rings. The molecule has 1 aliphatic heterocycles. The highest BCUT2D eigenvalue weighted by Crippen LogP contribution is 2.37. The molecule has 1 aromatic heterocycles. The molecule has 36 heavy (non-hydrogen) atoms.